The van der Waals surface area contributed by atoms with E-state index in [1.54, 1.807) is 0 Å². The van der Waals surface area contributed by atoms with Crippen LogP contribution in [0, 0.1) is 0 Å². The number of para-hydroxylation sites is 3. The Morgan fingerprint density at radius 3 is 1.77 bits per heavy atom. The average molecular weight is 565 g/mol. The van der Waals surface area contributed by atoms with Crippen LogP contribution in [0.1, 0.15) is 0 Å². The van der Waals surface area contributed by atoms with Crippen LogP contribution in [0.2, 0.25) is 0 Å². The van der Waals surface area contributed by atoms with E-state index in [0.29, 0.717) is 0 Å². The summed E-state index contributed by atoms with van der Waals surface area (Å²) in [5, 5.41) is 10.5. The molecular formula is C40H24N2S. The van der Waals surface area contributed by atoms with Gasteiger partial charge in [-0.15, -0.1) is 11.3 Å². The van der Waals surface area contributed by atoms with Gasteiger partial charge in [-0.3, -0.25) is 0 Å². The summed E-state index contributed by atoms with van der Waals surface area (Å²) in [4.78, 5) is 0. The highest BCUT2D eigenvalue weighted by atomic mass is 32.1. The maximum Gasteiger partial charge on any atom is 0.0562 e. The van der Waals surface area contributed by atoms with Crippen molar-refractivity contribution < 1.29 is 0 Å². The molecular weight excluding hydrogens is 541 g/mol. The minimum atomic E-state index is 1.17. The molecule has 0 radical (unpaired) electrons. The van der Waals surface area contributed by atoms with E-state index in [1.807, 2.05) is 11.3 Å². The van der Waals surface area contributed by atoms with E-state index in [1.165, 1.54) is 85.9 Å². The number of benzene rings is 7. The molecule has 0 aliphatic heterocycles. The normalized spacial score (nSPS) is 12.2. The topological polar surface area (TPSA) is 9.86 Å². The van der Waals surface area contributed by atoms with Crippen LogP contribution < -0.4 is 0 Å². The molecule has 43 heavy (non-hydrogen) atoms. The fourth-order valence-corrected chi connectivity index (χ4v) is 8.42. The average Bonchev–Trinajstić information content (AvgIpc) is 3.72. The zero-order chi connectivity index (χ0) is 28.1. The first-order chi connectivity index (χ1) is 21.3. The first-order valence-corrected chi connectivity index (χ1v) is 15.5. The van der Waals surface area contributed by atoms with Crippen molar-refractivity contribution in [1.82, 2.24) is 9.13 Å². The molecule has 0 unspecified atom stereocenters. The van der Waals surface area contributed by atoms with E-state index >= 15 is 0 Å². The van der Waals surface area contributed by atoms with Crippen LogP contribution in [-0.2, 0) is 0 Å². The fraction of sp³-hybridized carbons (Fsp3) is 0. The van der Waals surface area contributed by atoms with Gasteiger partial charge in [0.05, 0.1) is 22.1 Å². The van der Waals surface area contributed by atoms with Gasteiger partial charge in [0.2, 0.25) is 0 Å². The molecule has 0 atom stereocenters. The maximum atomic E-state index is 2.46. The van der Waals surface area contributed by atoms with Gasteiger partial charge in [0.25, 0.3) is 0 Å². The molecule has 200 valence electrons. The summed E-state index contributed by atoms with van der Waals surface area (Å²) < 4.78 is 7.55. The zero-order valence-corrected chi connectivity index (χ0v) is 24.0. The Morgan fingerprint density at radius 1 is 0.349 bits per heavy atom. The number of hydrogen-bond acceptors (Lipinski definition) is 1. The maximum absolute atomic E-state index is 2.46. The van der Waals surface area contributed by atoms with E-state index < -0.39 is 0 Å². The highest BCUT2D eigenvalue weighted by Crippen LogP contribution is 2.46. The summed E-state index contributed by atoms with van der Waals surface area (Å²) >= 11 is 1.89. The summed E-state index contributed by atoms with van der Waals surface area (Å²) in [7, 11) is 0. The SMILES string of the molecule is c1ccc(-n2c3ccccc3c3cc4c5c6c(ccc7sc8ccccc8c76)ccc5n(-c5ccccc5)c4cc32)cc1. The van der Waals surface area contributed by atoms with Crippen molar-refractivity contribution in [2.75, 3.05) is 0 Å². The molecule has 0 fully saturated rings. The third kappa shape index (κ3) is 3.12. The van der Waals surface area contributed by atoms with Crippen LogP contribution >= 0.6 is 11.3 Å². The standard InChI is InChI=1S/C40H24N2S/c1-3-11-26(12-4-1)41-32-17-9-7-15-28(32)30-23-31-35(24-34(30)41)42(27-13-5-2-6-14-27)33-21-19-25-20-22-37-40(38(25)39(31)33)29-16-8-10-18-36(29)43-37/h1-24H. The van der Waals surface area contributed by atoms with E-state index in [0.717, 1.165) is 0 Å². The number of aromatic nitrogens is 2. The molecule has 10 rings (SSSR count). The van der Waals surface area contributed by atoms with Crippen molar-refractivity contribution in [2.24, 2.45) is 0 Å². The molecule has 0 bridgehead atoms. The third-order valence-electron chi connectivity index (χ3n) is 9.07. The first-order valence-electron chi connectivity index (χ1n) is 14.7. The van der Waals surface area contributed by atoms with Crippen molar-refractivity contribution in [1.29, 1.82) is 0 Å². The van der Waals surface area contributed by atoms with Gasteiger partial charge in [0, 0.05) is 58.5 Å². The smallest absolute Gasteiger partial charge is 0.0562 e. The van der Waals surface area contributed by atoms with Crippen molar-refractivity contribution in [3.8, 4) is 11.4 Å². The molecule has 3 heterocycles. The molecule has 10 aromatic rings. The fourth-order valence-electron chi connectivity index (χ4n) is 7.31. The Kier molecular flexibility index (Phi) is 4.63. The molecule has 3 aromatic heterocycles. The first kappa shape index (κ1) is 23.2. The number of thiophene rings is 1. The minimum absolute atomic E-state index is 1.17. The van der Waals surface area contributed by atoms with Gasteiger partial charge in [-0.05, 0) is 66.0 Å². The van der Waals surface area contributed by atoms with Crippen LogP contribution in [0.25, 0.3) is 85.9 Å². The second kappa shape index (κ2) is 8.57. The lowest BCUT2D eigenvalue weighted by molar-refractivity contribution is 1.16. The van der Waals surface area contributed by atoms with Gasteiger partial charge in [0.15, 0.2) is 0 Å². The summed E-state index contributed by atoms with van der Waals surface area (Å²) in [6.45, 7) is 0. The summed E-state index contributed by atoms with van der Waals surface area (Å²) in [5.41, 5.74) is 7.24. The molecule has 0 saturated heterocycles. The largest absolute Gasteiger partial charge is 0.309 e. The van der Waals surface area contributed by atoms with Gasteiger partial charge < -0.3 is 9.13 Å². The van der Waals surface area contributed by atoms with Crippen LogP contribution in [-0.4, -0.2) is 9.13 Å². The van der Waals surface area contributed by atoms with Gasteiger partial charge in [-0.25, -0.2) is 0 Å². The highest BCUT2D eigenvalue weighted by molar-refractivity contribution is 7.26. The monoisotopic (exact) mass is 564 g/mol. The predicted octanol–water partition coefficient (Wildman–Crippen LogP) is 11.4. The van der Waals surface area contributed by atoms with Gasteiger partial charge in [-0.1, -0.05) is 84.9 Å². The Labute approximate surface area is 251 Å². The lowest BCUT2D eigenvalue weighted by Crippen LogP contribution is -1.95. The summed E-state index contributed by atoms with van der Waals surface area (Å²) in [6, 6.07) is 53.3. The van der Waals surface area contributed by atoms with E-state index in [-0.39, 0.29) is 0 Å². The van der Waals surface area contributed by atoms with Gasteiger partial charge >= 0.3 is 0 Å². The highest BCUT2D eigenvalue weighted by Gasteiger charge is 2.21. The minimum Gasteiger partial charge on any atom is -0.309 e. The van der Waals surface area contributed by atoms with Crippen molar-refractivity contribution in [2.45, 2.75) is 0 Å². The Morgan fingerprint density at radius 2 is 0.977 bits per heavy atom. The second-order valence-corrected chi connectivity index (χ2v) is 12.4. The van der Waals surface area contributed by atoms with E-state index in [2.05, 4.69) is 155 Å². The molecule has 7 aromatic carbocycles. The van der Waals surface area contributed by atoms with Crippen molar-refractivity contribution in [3.05, 3.63) is 146 Å². The number of nitrogens with zero attached hydrogens (tertiary/aromatic N) is 2. The summed E-state index contributed by atoms with van der Waals surface area (Å²) in [5.74, 6) is 0. The Hall–Kier alpha value is -5.38. The second-order valence-electron chi connectivity index (χ2n) is 11.3. The van der Waals surface area contributed by atoms with Crippen LogP contribution in [0.5, 0.6) is 0 Å². The molecule has 0 N–H and O–H groups in total. The molecule has 0 amide bonds. The van der Waals surface area contributed by atoms with Crippen molar-refractivity contribution >= 4 is 85.9 Å². The predicted molar refractivity (Wildman–Crippen MR) is 186 cm³/mol. The van der Waals surface area contributed by atoms with Crippen LogP contribution in [0.15, 0.2) is 146 Å². The molecule has 0 aliphatic carbocycles. The molecule has 0 spiro atoms. The van der Waals surface area contributed by atoms with Crippen LogP contribution in [0.3, 0.4) is 0 Å². The van der Waals surface area contributed by atoms with E-state index in [9.17, 15) is 0 Å². The Bertz CT molecular complexity index is 2710. The quantitative estimate of drug-likeness (QED) is 0.198. The number of hydrogen-bond donors (Lipinski definition) is 0. The lowest BCUT2D eigenvalue weighted by Gasteiger charge is -2.10. The molecule has 0 saturated carbocycles. The number of fused-ring (bicyclic) bond motifs is 12. The third-order valence-corrected chi connectivity index (χ3v) is 10.2. The Balaban J connectivity index is 1.48. The zero-order valence-electron chi connectivity index (χ0n) is 23.2. The lowest BCUT2D eigenvalue weighted by atomic mass is 9.98. The van der Waals surface area contributed by atoms with Gasteiger partial charge in [-0.2, -0.15) is 0 Å². The summed E-state index contributed by atoms with van der Waals surface area (Å²) in [6.07, 6.45) is 0. The van der Waals surface area contributed by atoms with Crippen LogP contribution in [0.4, 0.5) is 0 Å². The van der Waals surface area contributed by atoms with E-state index in [4.69, 9.17) is 0 Å². The molecule has 3 heteroatoms. The van der Waals surface area contributed by atoms with Crippen molar-refractivity contribution in [3.63, 3.8) is 0 Å². The number of rotatable bonds is 2. The molecule has 2 nitrogen and oxygen atoms in total. The molecule has 0 aliphatic rings. The van der Waals surface area contributed by atoms with Gasteiger partial charge in [0.1, 0.15) is 0 Å².